The maximum Gasteiger partial charge on any atom is 0.143 e. The van der Waals surface area contributed by atoms with E-state index < -0.39 is 70.5 Å². The molecule has 12 aromatic heterocycles. The van der Waals surface area contributed by atoms with Crippen LogP contribution in [0.2, 0.25) is 0 Å². The number of hydrogen-bond acceptors (Lipinski definition) is 28. The lowest BCUT2D eigenvalue weighted by atomic mass is 9.80. The first-order valence-corrected chi connectivity index (χ1v) is 47.3. The molecule has 16 heterocycles. The van der Waals surface area contributed by atoms with E-state index in [9.17, 15) is 40.9 Å². The number of pyridine rings is 4. The number of aryl methyl sites for hydroxylation is 4. The molecule has 680 valence electrons. The molecule has 0 bridgehead atoms. The Morgan fingerprint density at radius 2 is 0.583 bits per heavy atom. The Morgan fingerprint density at radius 1 is 0.326 bits per heavy atom. The average Bonchev–Trinajstić information content (AvgIpc) is 1.59. The maximum absolute atomic E-state index is 11.2. The van der Waals surface area contributed by atoms with Crippen molar-refractivity contribution in [3.63, 3.8) is 0 Å². The zero-order valence-corrected chi connectivity index (χ0v) is 78.6. The number of nitrogens with two attached hydrogens (primary N) is 4. The summed E-state index contributed by atoms with van der Waals surface area (Å²) in [7, 11) is 0. The zero-order chi connectivity index (χ0) is 91.6. The molecular formula is C96H98Br4N22O10. The highest BCUT2D eigenvalue weighted by Crippen LogP contribution is 2.59. The third-order valence-corrected chi connectivity index (χ3v) is 32.4. The number of fused-ring (bicyclic) bond motifs is 8. The van der Waals surface area contributed by atoms with Crippen molar-refractivity contribution in [2.24, 2.45) is 21.7 Å². The molecule has 4 saturated heterocycles. The maximum atomic E-state index is 11.2. The lowest BCUT2D eigenvalue weighted by Crippen LogP contribution is -2.38. The number of nitrogens with zero attached hydrogens (tertiary/aromatic N) is 16. The topological polar surface area (TPSA) is 483 Å². The van der Waals surface area contributed by atoms with Gasteiger partial charge in [-0.2, -0.15) is 0 Å². The number of ether oxygens (including phenoxy) is 2. The summed E-state index contributed by atoms with van der Waals surface area (Å²) in [5.41, 5.74) is 36.2. The van der Waals surface area contributed by atoms with Crippen molar-refractivity contribution in [1.29, 1.82) is 0 Å². The number of nitrogen functional groups attached to an aromatic ring is 4. The lowest BCUT2D eigenvalue weighted by molar-refractivity contribution is -0.0309. The van der Waals surface area contributed by atoms with Gasteiger partial charge in [-0.3, -0.25) is 0 Å². The molecule has 8 aliphatic rings. The predicted molar refractivity (Wildman–Crippen MR) is 514 cm³/mol. The first-order chi connectivity index (χ1) is 63.4. The third kappa shape index (κ3) is 15.1. The van der Waals surface area contributed by atoms with E-state index in [2.05, 4.69) is 158 Å². The van der Waals surface area contributed by atoms with Crippen LogP contribution in [0.1, 0.15) is 145 Å². The van der Waals surface area contributed by atoms with Crippen LogP contribution in [0.5, 0.6) is 0 Å². The highest BCUT2D eigenvalue weighted by atomic mass is 79.9. The molecule has 4 saturated carbocycles. The Balaban J connectivity index is 0.000000106. The molecule has 0 unspecified atom stereocenters. The number of aliphatic hydroxyl groups excluding tert-OH is 8. The average molecular weight is 2040 g/mol. The molecule has 4 aromatic carbocycles. The molecule has 32 nitrogen and oxygen atoms in total. The van der Waals surface area contributed by atoms with Gasteiger partial charge in [-0.05, 0) is 238 Å². The molecule has 4 aliphatic heterocycles. The van der Waals surface area contributed by atoms with Gasteiger partial charge in [-0.15, -0.1) is 0 Å². The predicted octanol–water partition coefficient (Wildman–Crippen LogP) is 12.9. The Morgan fingerprint density at radius 3 is 0.871 bits per heavy atom. The van der Waals surface area contributed by atoms with E-state index in [-0.39, 0.29) is 48.5 Å². The van der Waals surface area contributed by atoms with Crippen molar-refractivity contribution < 1.29 is 50.3 Å². The van der Waals surface area contributed by atoms with Crippen LogP contribution in [0, 0.1) is 49.4 Å². The van der Waals surface area contributed by atoms with Crippen molar-refractivity contribution in [3.05, 3.63) is 234 Å². The largest absolute Gasteiger partial charge is 0.390 e. The van der Waals surface area contributed by atoms with E-state index in [0.717, 1.165) is 164 Å². The van der Waals surface area contributed by atoms with Crippen LogP contribution in [0.15, 0.2) is 189 Å². The summed E-state index contributed by atoms with van der Waals surface area (Å²) >= 11 is 13.7. The molecular weight excluding hydrogens is 1940 g/mol. The monoisotopic (exact) mass is 2030 g/mol. The first-order valence-electron chi connectivity index (χ1n) is 44.1. The number of anilines is 4. The van der Waals surface area contributed by atoms with Crippen molar-refractivity contribution in [2.75, 3.05) is 49.2 Å². The molecule has 4 aliphatic carbocycles. The van der Waals surface area contributed by atoms with Crippen LogP contribution < -0.4 is 33.6 Å². The summed E-state index contributed by atoms with van der Waals surface area (Å²) in [6.45, 7) is 9.81. The van der Waals surface area contributed by atoms with E-state index >= 15 is 0 Å². The van der Waals surface area contributed by atoms with E-state index in [4.69, 9.17) is 32.4 Å². The number of benzene rings is 4. The summed E-state index contributed by atoms with van der Waals surface area (Å²) in [6, 6.07) is 39.3. The molecule has 36 heteroatoms. The van der Waals surface area contributed by atoms with Crippen LogP contribution >= 0.6 is 63.7 Å². The molecule has 132 heavy (non-hydrogen) atoms. The number of halogens is 4. The Hall–Kier alpha value is -10.4. The van der Waals surface area contributed by atoms with Crippen molar-refractivity contribution in [1.82, 2.24) is 88.7 Å². The molecule has 16 aromatic rings. The number of nitrogens with one attached hydrogen (secondary N) is 2. The van der Waals surface area contributed by atoms with Crippen LogP contribution in [0.25, 0.3) is 87.7 Å². The van der Waals surface area contributed by atoms with Gasteiger partial charge in [-0.25, -0.2) is 59.8 Å². The zero-order valence-electron chi connectivity index (χ0n) is 72.3. The van der Waals surface area contributed by atoms with E-state index in [1.54, 1.807) is 12.7 Å². The second-order valence-corrected chi connectivity index (χ2v) is 40.9. The lowest BCUT2D eigenvalue weighted by Gasteiger charge is -2.27. The minimum Gasteiger partial charge on any atom is -0.390 e. The molecule has 0 radical (unpaired) electrons. The third-order valence-electron chi connectivity index (χ3n) is 29.9. The van der Waals surface area contributed by atoms with Crippen molar-refractivity contribution in [2.45, 2.75) is 176 Å². The van der Waals surface area contributed by atoms with Gasteiger partial charge in [-0.1, -0.05) is 48.5 Å². The normalized spacial score (nSPS) is 29.6. The van der Waals surface area contributed by atoms with Gasteiger partial charge < -0.3 is 102 Å². The van der Waals surface area contributed by atoms with Crippen LogP contribution in [-0.4, -0.2) is 194 Å². The highest BCUT2D eigenvalue weighted by molar-refractivity contribution is 9.11. The smallest absolute Gasteiger partial charge is 0.143 e. The molecule has 24 rings (SSSR count). The Kier molecular flexibility index (Phi) is 22.7. The number of rotatable bonds is 8. The van der Waals surface area contributed by atoms with Gasteiger partial charge in [0.2, 0.25) is 0 Å². The molecule has 8 fully saturated rings. The molecule has 20 atom stereocenters. The fourth-order valence-corrected chi connectivity index (χ4v) is 23.9. The molecule has 0 amide bonds. The summed E-state index contributed by atoms with van der Waals surface area (Å²) in [6.07, 6.45) is 11.8. The van der Waals surface area contributed by atoms with E-state index in [1.807, 2.05) is 168 Å². The van der Waals surface area contributed by atoms with Gasteiger partial charge >= 0.3 is 0 Å². The van der Waals surface area contributed by atoms with Crippen LogP contribution in [0.4, 0.5) is 23.3 Å². The highest BCUT2D eigenvalue weighted by Gasteiger charge is 2.61. The van der Waals surface area contributed by atoms with E-state index in [1.165, 1.54) is 12.7 Å². The van der Waals surface area contributed by atoms with Gasteiger partial charge in [0, 0.05) is 115 Å². The quantitative estimate of drug-likeness (QED) is 0.0672. The van der Waals surface area contributed by atoms with Gasteiger partial charge in [0.1, 0.15) is 95.6 Å². The summed E-state index contributed by atoms with van der Waals surface area (Å²) in [5.74, 6) is 1.81. The fourth-order valence-electron chi connectivity index (χ4n) is 22.6. The van der Waals surface area contributed by atoms with Gasteiger partial charge in [0.05, 0.1) is 137 Å². The van der Waals surface area contributed by atoms with Crippen LogP contribution in [0.3, 0.4) is 0 Å². The summed E-state index contributed by atoms with van der Waals surface area (Å²) in [4.78, 5) is 52.8. The van der Waals surface area contributed by atoms with Gasteiger partial charge in [0.25, 0.3) is 0 Å². The van der Waals surface area contributed by atoms with Gasteiger partial charge in [0.15, 0.2) is 0 Å². The SMILES string of the molecule is Cc1ncnc2c1ccn2[C@@H]1C[C@@]2(CN[C@@H](c3ccc4cc(Br)c(N)nc4c3)C2)[C@@H](O)[C@H]1O.Cc1ncnc2c1ccn2[C@@H]1C[C@@]2(CN[C@H](c3ccc4cc(Br)c(N)nc4c3)C2)[C@@H](O)[C@H]1O.Cc1ncnc2c1ccn2[C@@H]1C[C@@]2(CO[C@@H](c3ccc4cc(Br)c(N)nc4c3)C2)[C@@H](O)[C@H]1O.Cc1ncnc2c1ccn2[C@@H]1C[C@@]2(CO[C@H](c3ccc4cc(Br)c(N)nc4c3)C2)[C@@H](O)[C@H]1O. The van der Waals surface area contributed by atoms with E-state index in [0.29, 0.717) is 88.1 Å². The van der Waals surface area contributed by atoms with Crippen LogP contribution in [-0.2, 0) is 9.47 Å². The van der Waals surface area contributed by atoms with Crippen molar-refractivity contribution in [3.8, 4) is 0 Å². The summed E-state index contributed by atoms with van der Waals surface area (Å²) < 4.78 is 23.4. The minimum absolute atomic E-state index is 0.0626. The minimum atomic E-state index is -0.909. The number of hydrogen-bond donors (Lipinski definition) is 14. The summed E-state index contributed by atoms with van der Waals surface area (Å²) in [5, 5.41) is 104. The number of aromatic nitrogens is 16. The second kappa shape index (κ2) is 33.9. The fraction of sp³-hybridized carbons (Fsp3) is 0.375. The second-order valence-electron chi connectivity index (χ2n) is 37.5. The molecule has 4 spiro atoms. The molecule has 18 N–H and O–H groups in total. The number of aliphatic hydroxyl groups is 8. The Labute approximate surface area is 789 Å². The first kappa shape index (κ1) is 88.2. The van der Waals surface area contributed by atoms with Crippen molar-refractivity contribution >= 4 is 175 Å². The standard InChI is InChI=1S/2C24H25BrN6O2.2C24H24BrN5O3/c2*1-12-15-4-5-31(23(15)29-11-28-12)19-9-24(21(33)20(19)32)8-18(27-10-24)14-3-2-13-6-16(25)22(26)30-17(13)7-14;2*1-12-15-4-5-30(23(15)28-11-27-12)18-8-24(21(32)20(18)31)9-19(33-10-24)14-3-2-13-6-16(25)22(26)29-17(13)7-14/h2*2-7,11,18-21,27,32-33H,8-10H2,1H3,(H2,26,30);2*2-7,11,18-21,31-32H,8-10H2,1H3,(H2,26,29)/t18-,19+,20-,21-,24-;18-,19-,20+,21+,24+;18-,19+,20+,21+,24-;18-,19-,20+,21+,24-/m0111/s1. The Bertz CT molecular complexity index is 6410.